The summed E-state index contributed by atoms with van der Waals surface area (Å²) in [6.45, 7) is 0.305. The number of fused-ring (bicyclic) bond motifs is 1. The van der Waals surface area contributed by atoms with Gasteiger partial charge in [0.2, 0.25) is 5.78 Å². The lowest BCUT2D eigenvalue weighted by molar-refractivity contribution is -0.384. The van der Waals surface area contributed by atoms with E-state index < -0.39 is 4.92 Å². The molecule has 2 heterocycles. The van der Waals surface area contributed by atoms with Crippen LogP contribution < -0.4 is 4.90 Å². The van der Waals surface area contributed by atoms with Crippen molar-refractivity contribution in [1.82, 2.24) is 9.88 Å². The van der Waals surface area contributed by atoms with Gasteiger partial charge < -0.3 is 9.80 Å². The number of nitrogens with zero attached hydrogens (tertiary/aromatic N) is 4. The van der Waals surface area contributed by atoms with Crippen LogP contribution in [0.15, 0.2) is 54.4 Å². The molecule has 0 N–H and O–H groups in total. The molecule has 2 aromatic rings. The number of anilines is 1. The molecule has 0 saturated heterocycles. The summed E-state index contributed by atoms with van der Waals surface area (Å²) in [5, 5.41) is 10.8. The molecule has 0 fully saturated rings. The topological polar surface area (TPSA) is 96.7 Å². The first-order valence-electron chi connectivity index (χ1n) is 8.31. The number of nitro benzene ring substituents is 1. The van der Waals surface area contributed by atoms with E-state index in [2.05, 4.69) is 4.98 Å². The minimum Gasteiger partial charge on any atom is -0.383 e. The molecule has 8 heteroatoms. The number of hydrogen-bond acceptors (Lipinski definition) is 6. The number of amides is 1. The Morgan fingerprint density at radius 2 is 1.96 bits per heavy atom. The van der Waals surface area contributed by atoms with E-state index in [1.54, 1.807) is 23.2 Å². The summed E-state index contributed by atoms with van der Waals surface area (Å²) in [6.07, 6.45) is 3.64. The summed E-state index contributed by atoms with van der Waals surface area (Å²) in [5.74, 6) is -0.545. The fourth-order valence-corrected chi connectivity index (χ4v) is 2.94. The first-order valence-corrected chi connectivity index (χ1v) is 8.31. The maximum absolute atomic E-state index is 13.0. The van der Waals surface area contributed by atoms with Crippen molar-refractivity contribution >= 4 is 23.1 Å². The second-order valence-corrected chi connectivity index (χ2v) is 6.33. The summed E-state index contributed by atoms with van der Waals surface area (Å²) in [6, 6.07) is 8.76. The smallest absolute Gasteiger partial charge is 0.269 e. The first kappa shape index (κ1) is 18.2. The van der Waals surface area contributed by atoms with Crippen molar-refractivity contribution < 1.29 is 14.5 Å². The molecule has 1 aromatic carbocycles. The Labute approximate surface area is 155 Å². The van der Waals surface area contributed by atoms with Crippen molar-refractivity contribution in [3.05, 3.63) is 75.7 Å². The summed E-state index contributed by atoms with van der Waals surface area (Å²) in [5.41, 5.74) is 1.45. The molecular formula is C19H18N4O4. The number of aromatic nitrogens is 1. The molecule has 0 saturated carbocycles. The zero-order valence-electron chi connectivity index (χ0n) is 15.0. The lowest BCUT2D eigenvalue weighted by atomic mass is 10.1. The van der Waals surface area contributed by atoms with Gasteiger partial charge in [0, 0.05) is 56.3 Å². The monoisotopic (exact) mass is 366 g/mol. The average molecular weight is 366 g/mol. The van der Waals surface area contributed by atoms with Gasteiger partial charge in [0.15, 0.2) is 0 Å². The fourth-order valence-electron chi connectivity index (χ4n) is 2.94. The highest BCUT2D eigenvalue weighted by Gasteiger charge is 2.29. The van der Waals surface area contributed by atoms with Crippen molar-refractivity contribution in [2.45, 2.75) is 6.42 Å². The normalized spacial score (nSPS) is 15.3. The van der Waals surface area contributed by atoms with Crippen LogP contribution in [0.3, 0.4) is 0 Å². The third-order valence-corrected chi connectivity index (χ3v) is 4.17. The van der Waals surface area contributed by atoms with Crippen molar-refractivity contribution in [2.24, 2.45) is 0 Å². The number of pyridine rings is 1. The fraction of sp³-hybridized carbons (Fsp3) is 0.211. The molecule has 1 aliphatic rings. The highest BCUT2D eigenvalue weighted by Crippen LogP contribution is 2.28. The van der Waals surface area contributed by atoms with Gasteiger partial charge in [-0.3, -0.25) is 24.7 Å². The van der Waals surface area contributed by atoms with E-state index >= 15 is 0 Å². The summed E-state index contributed by atoms with van der Waals surface area (Å²) >= 11 is 0. The van der Waals surface area contributed by atoms with E-state index in [1.807, 2.05) is 14.1 Å². The predicted molar refractivity (Wildman–Crippen MR) is 99.7 cm³/mol. The molecule has 0 unspecified atom stereocenters. The number of carbonyl (C=O) groups is 2. The molecule has 3 rings (SSSR count). The number of Topliss-reactive ketones (excluding diaryl/α,β-unsaturated/α-hetero) is 1. The minimum atomic E-state index is -0.517. The third kappa shape index (κ3) is 3.69. The molecule has 0 radical (unpaired) electrons. The average Bonchev–Trinajstić information content (AvgIpc) is 2.79. The van der Waals surface area contributed by atoms with E-state index in [0.717, 1.165) is 0 Å². The largest absolute Gasteiger partial charge is 0.383 e. The van der Waals surface area contributed by atoms with E-state index in [9.17, 15) is 19.7 Å². The summed E-state index contributed by atoms with van der Waals surface area (Å²) in [7, 11) is 3.65. The molecule has 0 aliphatic carbocycles. The highest BCUT2D eigenvalue weighted by atomic mass is 16.6. The number of rotatable bonds is 3. The van der Waals surface area contributed by atoms with Crippen LogP contribution in [0.4, 0.5) is 11.4 Å². The Morgan fingerprint density at radius 1 is 1.26 bits per heavy atom. The highest BCUT2D eigenvalue weighted by molar-refractivity contribution is 6.16. The van der Waals surface area contributed by atoms with Gasteiger partial charge in [-0.2, -0.15) is 0 Å². The van der Waals surface area contributed by atoms with Crippen LogP contribution in [0.5, 0.6) is 0 Å². The van der Waals surface area contributed by atoms with Crippen molar-refractivity contribution in [3.63, 3.8) is 0 Å². The van der Waals surface area contributed by atoms with Crippen LogP contribution in [-0.2, 0) is 0 Å². The van der Waals surface area contributed by atoms with Crippen LogP contribution in [0, 0.1) is 10.1 Å². The predicted octanol–water partition coefficient (Wildman–Crippen LogP) is 2.67. The first-order chi connectivity index (χ1) is 12.9. The molecule has 8 nitrogen and oxygen atoms in total. The lowest BCUT2D eigenvalue weighted by Crippen LogP contribution is -2.32. The molecule has 1 aromatic heterocycles. The molecular weight excluding hydrogens is 348 g/mol. The molecule has 1 aliphatic heterocycles. The van der Waals surface area contributed by atoms with Gasteiger partial charge in [-0.05, 0) is 30.7 Å². The van der Waals surface area contributed by atoms with Crippen molar-refractivity contribution in [3.8, 4) is 0 Å². The van der Waals surface area contributed by atoms with Gasteiger partial charge in [0.05, 0.1) is 10.6 Å². The minimum absolute atomic E-state index is 0.0872. The SMILES string of the molecule is CN(C)/C=C1/CCN(C(=O)c2ccc([N+](=O)[O-])cc2)c2cccnc2C1=O. The number of ketones is 1. The Kier molecular flexibility index (Phi) is 4.98. The Hall–Kier alpha value is -3.55. The van der Waals surface area contributed by atoms with Gasteiger partial charge in [-0.1, -0.05) is 0 Å². The Bertz CT molecular complexity index is 935. The van der Waals surface area contributed by atoms with Crippen molar-refractivity contribution in [2.75, 3.05) is 25.5 Å². The molecule has 138 valence electrons. The number of non-ortho nitro benzene ring substituents is 1. The molecule has 1 amide bonds. The van der Waals surface area contributed by atoms with Gasteiger partial charge >= 0.3 is 0 Å². The number of carbonyl (C=O) groups excluding carboxylic acids is 2. The van der Waals surface area contributed by atoms with Crippen LogP contribution in [0.1, 0.15) is 27.3 Å². The summed E-state index contributed by atoms with van der Waals surface area (Å²) in [4.78, 5) is 43.6. The third-order valence-electron chi connectivity index (χ3n) is 4.17. The van der Waals surface area contributed by atoms with E-state index in [-0.39, 0.29) is 23.1 Å². The quantitative estimate of drug-likeness (QED) is 0.471. The lowest BCUT2D eigenvalue weighted by Gasteiger charge is -2.21. The van der Waals surface area contributed by atoms with Crippen LogP contribution in [-0.4, -0.2) is 47.1 Å². The molecule has 0 atom stereocenters. The number of nitro groups is 1. The van der Waals surface area contributed by atoms with E-state index in [1.165, 1.54) is 35.4 Å². The zero-order valence-corrected chi connectivity index (χ0v) is 15.0. The van der Waals surface area contributed by atoms with E-state index in [4.69, 9.17) is 0 Å². The van der Waals surface area contributed by atoms with Crippen LogP contribution in [0.25, 0.3) is 0 Å². The van der Waals surface area contributed by atoms with Gasteiger partial charge in [0.25, 0.3) is 11.6 Å². The standard InChI is InChI=1S/C19H18N4O4/c1-21(2)12-14-9-11-22(16-4-3-10-20-17(16)18(14)24)19(25)13-5-7-15(8-6-13)23(26)27/h3-8,10,12H,9,11H2,1-2H3/b14-12-. The van der Waals surface area contributed by atoms with Gasteiger partial charge in [-0.25, -0.2) is 0 Å². The molecule has 0 spiro atoms. The molecule has 0 bridgehead atoms. The van der Waals surface area contributed by atoms with Gasteiger partial charge in [0.1, 0.15) is 5.69 Å². The second-order valence-electron chi connectivity index (χ2n) is 6.33. The second kappa shape index (κ2) is 7.36. The van der Waals surface area contributed by atoms with Crippen LogP contribution in [0.2, 0.25) is 0 Å². The van der Waals surface area contributed by atoms with Gasteiger partial charge in [-0.15, -0.1) is 0 Å². The maximum atomic E-state index is 13.0. The van der Waals surface area contributed by atoms with Crippen LogP contribution >= 0.6 is 0 Å². The number of hydrogen-bond donors (Lipinski definition) is 0. The Balaban J connectivity index is 2.00. The maximum Gasteiger partial charge on any atom is 0.269 e. The van der Waals surface area contributed by atoms with E-state index in [0.29, 0.717) is 29.8 Å². The number of benzene rings is 1. The molecule has 27 heavy (non-hydrogen) atoms. The summed E-state index contributed by atoms with van der Waals surface area (Å²) < 4.78 is 0. The zero-order chi connectivity index (χ0) is 19.6. The Morgan fingerprint density at radius 3 is 2.59 bits per heavy atom. The van der Waals surface area contributed by atoms with Crippen molar-refractivity contribution in [1.29, 1.82) is 0 Å².